The molecule has 1 unspecified atom stereocenters. The molecular formula is C24H28N2O3. The number of rotatable bonds is 7. The molecule has 5 heteroatoms. The van der Waals surface area contributed by atoms with Crippen LogP contribution >= 0.6 is 0 Å². The van der Waals surface area contributed by atoms with E-state index in [4.69, 9.17) is 4.74 Å². The number of anilines is 1. The fourth-order valence-corrected chi connectivity index (χ4v) is 3.84. The van der Waals surface area contributed by atoms with Gasteiger partial charge in [-0.15, -0.1) is 0 Å². The Kier molecular flexibility index (Phi) is 7.06. The minimum atomic E-state index is -0.498. The lowest BCUT2D eigenvalue weighted by Gasteiger charge is -2.32. The van der Waals surface area contributed by atoms with Gasteiger partial charge in [-0.1, -0.05) is 36.9 Å². The number of nitrogens with zero attached hydrogens (tertiary/aromatic N) is 1. The first-order valence-corrected chi connectivity index (χ1v) is 10.2. The van der Waals surface area contributed by atoms with Gasteiger partial charge in [0.1, 0.15) is 0 Å². The van der Waals surface area contributed by atoms with Gasteiger partial charge >= 0.3 is 5.97 Å². The topological polar surface area (TPSA) is 58.6 Å². The van der Waals surface area contributed by atoms with Crippen molar-refractivity contribution in [3.63, 3.8) is 0 Å². The molecule has 0 aliphatic carbocycles. The van der Waals surface area contributed by atoms with Crippen LogP contribution in [0.5, 0.6) is 0 Å². The first-order chi connectivity index (χ1) is 14.2. The molecule has 1 aliphatic rings. The van der Waals surface area contributed by atoms with E-state index in [-0.39, 0.29) is 11.9 Å². The van der Waals surface area contributed by atoms with E-state index in [1.807, 2.05) is 30.3 Å². The molecule has 0 bridgehead atoms. The van der Waals surface area contributed by atoms with Crippen LogP contribution in [0.3, 0.4) is 0 Å². The minimum Gasteiger partial charge on any atom is -0.462 e. The van der Waals surface area contributed by atoms with Gasteiger partial charge in [0.2, 0.25) is 5.91 Å². The molecule has 0 radical (unpaired) electrons. The highest BCUT2D eigenvalue weighted by Gasteiger charge is 2.27. The van der Waals surface area contributed by atoms with Crippen molar-refractivity contribution >= 4 is 17.6 Å². The predicted molar refractivity (Wildman–Crippen MR) is 115 cm³/mol. The second kappa shape index (κ2) is 9.92. The second-order valence-electron chi connectivity index (χ2n) is 7.09. The largest absolute Gasteiger partial charge is 0.462 e. The molecule has 1 heterocycles. The molecule has 1 N–H and O–H groups in total. The third-order valence-corrected chi connectivity index (χ3v) is 5.21. The third kappa shape index (κ3) is 4.86. The summed E-state index contributed by atoms with van der Waals surface area (Å²) in [6, 6.07) is 15.2. The molecule has 29 heavy (non-hydrogen) atoms. The van der Waals surface area contributed by atoms with Crippen LogP contribution in [0.15, 0.2) is 61.3 Å². The lowest BCUT2D eigenvalue weighted by Crippen LogP contribution is -2.32. The van der Waals surface area contributed by atoms with Crippen LogP contribution in [-0.2, 0) is 9.53 Å². The van der Waals surface area contributed by atoms with Crippen LogP contribution in [-0.4, -0.2) is 31.6 Å². The van der Waals surface area contributed by atoms with Gasteiger partial charge in [0.25, 0.3) is 0 Å². The van der Waals surface area contributed by atoms with Gasteiger partial charge in [-0.05, 0) is 61.7 Å². The molecule has 0 spiro atoms. The summed E-state index contributed by atoms with van der Waals surface area (Å²) < 4.78 is 5.06. The first kappa shape index (κ1) is 20.6. The number of hydrogen-bond acceptors (Lipinski definition) is 4. The zero-order valence-corrected chi connectivity index (χ0v) is 16.9. The van der Waals surface area contributed by atoms with Crippen molar-refractivity contribution in [2.24, 2.45) is 0 Å². The standard InChI is InChI=1S/C24H28N2O3/c1-3-25-23(27)22(18-12-14-19(15-13-18)24(28)29-4-2)20-10-6-7-11-21(20)26-16-8-5-9-17-26/h3,6-7,10-15,22H,1,4-5,8-9,16-17H2,2H3,(H,25,27). The van der Waals surface area contributed by atoms with E-state index in [2.05, 4.69) is 22.9 Å². The SMILES string of the molecule is C=CNC(=O)C(c1ccc(C(=O)OCC)cc1)c1ccccc1N1CCCCC1. The van der Waals surface area contributed by atoms with Crippen LogP contribution in [0.25, 0.3) is 0 Å². The number of amides is 1. The summed E-state index contributed by atoms with van der Waals surface area (Å²) in [7, 11) is 0. The summed E-state index contributed by atoms with van der Waals surface area (Å²) in [4.78, 5) is 27.3. The van der Waals surface area contributed by atoms with Gasteiger partial charge in [-0.3, -0.25) is 4.79 Å². The molecular weight excluding hydrogens is 364 g/mol. The smallest absolute Gasteiger partial charge is 0.338 e. The summed E-state index contributed by atoms with van der Waals surface area (Å²) >= 11 is 0. The molecule has 0 aromatic heterocycles. The van der Waals surface area contributed by atoms with Crippen molar-refractivity contribution in [1.82, 2.24) is 5.32 Å². The number of hydrogen-bond donors (Lipinski definition) is 1. The monoisotopic (exact) mass is 392 g/mol. The summed E-state index contributed by atoms with van der Waals surface area (Å²) in [5.41, 5.74) is 3.34. The number of esters is 1. The number of ether oxygens (including phenoxy) is 1. The quantitative estimate of drug-likeness (QED) is 0.716. The highest BCUT2D eigenvalue weighted by molar-refractivity contribution is 5.91. The van der Waals surface area contributed by atoms with Crippen LogP contribution in [0.1, 0.15) is 53.6 Å². The Morgan fingerprint density at radius 2 is 1.79 bits per heavy atom. The van der Waals surface area contributed by atoms with E-state index in [1.165, 1.54) is 12.6 Å². The zero-order chi connectivity index (χ0) is 20.6. The summed E-state index contributed by atoms with van der Waals surface area (Å²) in [5.74, 6) is -1.00. The van der Waals surface area contributed by atoms with E-state index in [1.54, 1.807) is 19.1 Å². The molecule has 1 amide bonds. The van der Waals surface area contributed by atoms with E-state index in [0.717, 1.165) is 42.7 Å². The molecule has 1 aliphatic heterocycles. The van der Waals surface area contributed by atoms with Crippen molar-refractivity contribution < 1.29 is 14.3 Å². The molecule has 1 atom stereocenters. The van der Waals surface area contributed by atoms with Gasteiger partial charge in [0.05, 0.1) is 18.1 Å². The Morgan fingerprint density at radius 1 is 1.10 bits per heavy atom. The average Bonchev–Trinajstić information content (AvgIpc) is 2.76. The Labute approximate surface area is 172 Å². The predicted octanol–water partition coefficient (Wildman–Crippen LogP) is 4.25. The molecule has 2 aromatic carbocycles. The van der Waals surface area contributed by atoms with E-state index >= 15 is 0 Å². The Hall–Kier alpha value is -3.08. The van der Waals surface area contributed by atoms with E-state index < -0.39 is 5.92 Å². The molecule has 3 rings (SSSR count). The number of carbonyl (C=O) groups is 2. The van der Waals surface area contributed by atoms with Gasteiger partial charge < -0.3 is 15.0 Å². The van der Waals surface area contributed by atoms with Gasteiger partial charge in [-0.25, -0.2) is 4.79 Å². The summed E-state index contributed by atoms with van der Waals surface area (Å²) in [6.07, 6.45) is 4.97. The zero-order valence-electron chi connectivity index (χ0n) is 16.9. The highest BCUT2D eigenvalue weighted by atomic mass is 16.5. The lowest BCUT2D eigenvalue weighted by atomic mass is 9.88. The number of para-hydroxylation sites is 1. The van der Waals surface area contributed by atoms with Gasteiger partial charge in [-0.2, -0.15) is 0 Å². The van der Waals surface area contributed by atoms with Crippen LogP contribution in [0, 0.1) is 0 Å². The second-order valence-corrected chi connectivity index (χ2v) is 7.09. The fraction of sp³-hybridized carbons (Fsp3) is 0.333. The first-order valence-electron chi connectivity index (χ1n) is 10.2. The molecule has 2 aromatic rings. The Morgan fingerprint density at radius 3 is 2.45 bits per heavy atom. The maximum absolute atomic E-state index is 13.0. The van der Waals surface area contributed by atoms with Gasteiger partial charge in [0.15, 0.2) is 0 Å². The van der Waals surface area contributed by atoms with Crippen LogP contribution < -0.4 is 10.2 Å². The highest BCUT2D eigenvalue weighted by Crippen LogP contribution is 2.34. The number of piperidine rings is 1. The van der Waals surface area contributed by atoms with Crippen LogP contribution in [0.4, 0.5) is 5.69 Å². The van der Waals surface area contributed by atoms with Crippen molar-refractivity contribution in [2.45, 2.75) is 32.1 Å². The molecule has 5 nitrogen and oxygen atoms in total. The normalized spacial score (nSPS) is 14.7. The number of carbonyl (C=O) groups excluding carboxylic acids is 2. The minimum absolute atomic E-state index is 0.145. The van der Waals surface area contributed by atoms with Crippen molar-refractivity contribution in [3.8, 4) is 0 Å². The fourth-order valence-electron chi connectivity index (χ4n) is 3.84. The van der Waals surface area contributed by atoms with Crippen molar-refractivity contribution in [1.29, 1.82) is 0 Å². The molecule has 1 saturated heterocycles. The van der Waals surface area contributed by atoms with Gasteiger partial charge in [0, 0.05) is 18.8 Å². The summed E-state index contributed by atoms with van der Waals surface area (Å²) in [5, 5.41) is 2.75. The van der Waals surface area contributed by atoms with Crippen LogP contribution in [0.2, 0.25) is 0 Å². The maximum atomic E-state index is 13.0. The average molecular weight is 392 g/mol. The Bertz CT molecular complexity index is 855. The molecule has 152 valence electrons. The number of benzene rings is 2. The number of nitrogens with one attached hydrogen (secondary N) is 1. The van der Waals surface area contributed by atoms with Crippen molar-refractivity contribution in [3.05, 3.63) is 78.0 Å². The van der Waals surface area contributed by atoms with Crippen molar-refractivity contribution in [2.75, 3.05) is 24.6 Å². The Balaban J connectivity index is 2.00. The maximum Gasteiger partial charge on any atom is 0.338 e. The molecule has 0 saturated carbocycles. The third-order valence-electron chi connectivity index (χ3n) is 5.21. The molecule has 1 fully saturated rings. The summed E-state index contributed by atoms with van der Waals surface area (Å²) in [6.45, 7) is 7.73. The lowest BCUT2D eigenvalue weighted by molar-refractivity contribution is -0.120. The van der Waals surface area contributed by atoms with E-state index in [0.29, 0.717) is 12.2 Å². The van der Waals surface area contributed by atoms with E-state index in [9.17, 15) is 9.59 Å².